The number of nitro benzene ring substituents is 1. The number of amides is 1. The highest BCUT2D eigenvalue weighted by molar-refractivity contribution is 9.10. The molecular formula is C16H20BrN3O3. The van der Waals surface area contributed by atoms with Gasteiger partial charge in [0.05, 0.1) is 4.92 Å². The lowest BCUT2D eigenvalue weighted by Gasteiger charge is -2.33. The first-order valence-corrected chi connectivity index (χ1v) is 8.77. The molecule has 2 aliphatic rings. The van der Waals surface area contributed by atoms with E-state index < -0.39 is 4.92 Å². The number of halogens is 1. The molecule has 1 amide bonds. The Hall–Kier alpha value is -1.47. The summed E-state index contributed by atoms with van der Waals surface area (Å²) in [7, 11) is 0. The van der Waals surface area contributed by atoms with Crippen LogP contribution < -0.4 is 5.32 Å². The van der Waals surface area contributed by atoms with Gasteiger partial charge in [0, 0.05) is 23.5 Å². The number of nitrogens with zero attached hydrogens (tertiary/aromatic N) is 2. The second kappa shape index (κ2) is 6.57. The van der Waals surface area contributed by atoms with E-state index in [0.717, 1.165) is 48.0 Å². The lowest BCUT2D eigenvalue weighted by Crippen LogP contribution is -2.37. The van der Waals surface area contributed by atoms with Gasteiger partial charge in [0.1, 0.15) is 5.69 Å². The van der Waals surface area contributed by atoms with Crippen molar-refractivity contribution in [1.82, 2.24) is 4.90 Å². The van der Waals surface area contributed by atoms with E-state index in [1.165, 1.54) is 25.8 Å². The number of hydrogen-bond donors (Lipinski definition) is 1. The molecule has 6 nitrogen and oxygen atoms in total. The number of likely N-dealkylation sites (tertiary alicyclic amines) is 1. The molecule has 0 saturated carbocycles. The van der Waals surface area contributed by atoms with Gasteiger partial charge in [-0.25, -0.2) is 0 Å². The molecule has 7 heteroatoms. The average molecular weight is 382 g/mol. The molecule has 1 atom stereocenters. The minimum Gasteiger partial charge on any atom is -0.320 e. The number of rotatable bonds is 3. The molecule has 0 bridgehead atoms. The third-order valence-corrected chi connectivity index (χ3v) is 5.50. The molecule has 0 radical (unpaired) electrons. The van der Waals surface area contributed by atoms with E-state index in [1.807, 2.05) is 0 Å². The van der Waals surface area contributed by atoms with Crippen molar-refractivity contribution in [2.24, 2.45) is 0 Å². The minimum atomic E-state index is -0.421. The Labute approximate surface area is 143 Å². The van der Waals surface area contributed by atoms with Gasteiger partial charge in [0.15, 0.2) is 0 Å². The number of hydrogen-bond acceptors (Lipinski definition) is 4. The topological polar surface area (TPSA) is 75.5 Å². The zero-order chi connectivity index (χ0) is 16.6. The van der Waals surface area contributed by atoms with Crippen LogP contribution in [-0.2, 0) is 17.6 Å². The molecule has 124 valence electrons. The molecule has 1 fully saturated rings. The fourth-order valence-electron chi connectivity index (χ4n) is 3.75. The van der Waals surface area contributed by atoms with Gasteiger partial charge in [0.25, 0.3) is 5.69 Å². The third kappa shape index (κ3) is 3.26. The Morgan fingerprint density at radius 1 is 1.39 bits per heavy atom. The number of anilines is 1. The van der Waals surface area contributed by atoms with E-state index in [4.69, 9.17) is 0 Å². The highest BCUT2D eigenvalue weighted by Gasteiger charge is 2.32. The summed E-state index contributed by atoms with van der Waals surface area (Å²) in [5.74, 6) is -0.277. The molecule has 1 unspecified atom stereocenters. The van der Waals surface area contributed by atoms with Crippen LogP contribution in [0.4, 0.5) is 11.4 Å². The Bertz CT molecular complexity index is 656. The predicted octanol–water partition coefficient (Wildman–Crippen LogP) is 3.27. The maximum absolute atomic E-state index is 11.5. The zero-order valence-electron chi connectivity index (χ0n) is 13.1. The van der Waals surface area contributed by atoms with E-state index in [0.29, 0.717) is 11.7 Å². The molecule has 3 rings (SSSR count). The van der Waals surface area contributed by atoms with Gasteiger partial charge >= 0.3 is 0 Å². The molecule has 1 aliphatic heterocycles. The van der Waals surface area contributed by atoms with Gasteiger partial charge in [0.2, 0.25) is 5.91 Å². The van der Waals surface area contributed by atoms with Gasteiger partial charge in [-0.05, 0) is 56.3 Å². The number of carbonyl (C=O) groups is 1. The normalized spacial score (nSPS) is 21.0. The molecule has 1 N–H and O–H groups in total. The van der Waals surface area contributed by atoms with Crippen molar-refractivity contribution < 1.29 is 9.72 Å². The average Bonchev–Trinajstić information content (AvgIpc) is 3.03. The van der Waals surface area contributed by atoms with Crippen LogP contribution in [0.3, 0.4) is 0 Å². The van der Waals surface area contributed by atoms with Crippen LogP contribution in [0.2, 0.25) is 0 Å². The van der Waals surface area contributed by atoms with Gasteiger partial charge in [-0.15, -0.1) is 0 Å². The first-order chi connectivity index (χ1) is 11.0. The number of fused-ring (bicyclic) bond motifs is 1. The fraction of sp³-hybridized carbons (Fsp3) is 0.562. The first-order valence-electron chi connectivity index (χ1n) is 7.97. The highest BCUT2D eigenvalue weighted by atomic mass is 79.9. The Balaban J connectivity index is 2.03. The molecule has 0 spiro atoms. The minimum absolute atomic E-state index is 0.0344. The molecular weight excluding hydrogens is 362 g/mol. The molecule has 0 aromatic heterocycles. The molecule has 1 aliphatic carbocycles. The summed E-state index contributed by atoms with van der Waals surface area (Å²) in [5.41, 5.74) is 2.36. The number of benzene rings is 1. The van der Waals surface area contributed by atoms with Crippen LogP contribution in [-0.4, -0.2) is 34.9 Å². The Kier molecular flexibility index (Phi) is 4.68. The van der Waals surface area contributed by atoms with Crippen molar-refractivity contribution in [3.63, 3.8) is 0 Å². The van der Waals surface area contributed by atoms with Crippen molar-refractivity contribution in [2.45, 2.75) is 45.1 Å². The fourth-order valence-corrected chi connectivity index (χ4v) is 4.41. The maximum Gasteiger partial charge on any atom is 0.294 e. The quantitative estimate of drug-likeness (QED) is 0.643. The van der Waals surface area contributed by atoms with Crippen LogP contribution in [0.1, 0.15) is 37.3 Å². The number of nitro groups is 1. The van der Waals surface area contributed by atoms with E-state index in [1.54, 1.807) is 0 Å². The van der Waals surface area contributed by atoms with E-state index >= 15 is 0 Å². The lowest BCUT2D eigenvalue weighted by molar-refractivity contribution is -0.384. The number of carbonyl (C=O) groups excluding carboxylic acids is 1. The molecule has 1 aromatic rings. The van der Waals surface area contributed by atoms with Gasteiger partial charge in [-0.2, -0.15) is 0 Å². The van der Waals surface area contributed by atoms with Crippen molar-refractivity contribution >= 4 is 33.2 Å². The molecule has 1 aromatic carbocycles. The molecule has 23 heavy (non-hydrogen) atoms. The van der Waals surface area contributed by atoms with Crippen LogP contribution in [0, 0.1) is 10.1 Å². The van der Waals surface area contributed by atoms with Crippen LogP contribution in [0.25, 0.3) is 0 Å². The van der Waals surface area contributed by atoms with Gasteiger partial charge < -0.3 is 10.2 Å². The lowest BCUT2D eigenvalue weighted by atomic mass is 9.85. The summed E-state index contributed by atoms with van der Waals surface area (Å²) in [6.07, 6.45) is 5.14. The summed E-state index contributed by atoms with van der Waals surface area (Å²) in [6, 6.07) is 1.92. The summed E-state index contributed by atoms with van der Waals surface area (Å²) >= 11 is 3.47. The summed E-state index contributed by atoms with van der Waals surface area (Å²) in [5, 5.41) is 14.1. The summed E-state index contributed by atoms with van der Waals surface area (Å²) in [6.45, 7) is 3.59. The summed E-state index contributed by atoms with van der Waals surface area (Å²) < 4.78 is 0.771. The standard InChI is InChI=1S/C16H20BrN3O3/c1-10(21)18-16-13-8-11(19-6-2-3-7-19)4-5-12(13)14(17)9-15(16)20(22)23/h9,11H,2-8H2,1H3,(H,18,21). The number of nitrogens with one attached hydrogen (secondary N) is 1. The first kappa shape index (κ1) is 16.4. The smallest absolute Gasteiger partial charge is 0.294 e. The SMILES string of the molecule is CC(=O)Nc1c([N+](=O)[O-])cc(Br)c2c1CC(N1CCCC1)CC2. The Morgan fingerprint density at radius 2 is 2.09 bits per heavy atom. The third-order valence-electron chi connectivity index (χ3n) is 4.80. The van der Waals surface area contributed by atoms with Crippen LogP contribution >= 0.6 is 15.9 Å². The van der Waals surface area contributed by atoms with E-state index in [-0.39, 0.29) is 11.6 Å². The second-order valence-corrected chi connectivity index (χ2v) is 7.14. The Morgan fingerprint density at radius 3 is 2.70 bits per heavy atom. The molecule has 1 heterocycles. The van der Waals surface area contributed by atoms with Gasteiger partial charge in [-0.3, -0.25) is 14.9 Å². The van der Waals surface area contributed by atoms with Crippen molar-refractivity contribution in [2.75, 3.05) is 18.4 Å². The summed E-state index contributed by atoms with van der Waals surface area (Å²) in [4.78, 5) is 25.0. The van der Waals surface area contributed by atoms with Crippen LogP contribution in [0.15, 0.2) is 10.5 Å². The predicted molar refractivity (Wildman–Crippen MR) is 91.7 cm³/mol. The zero-order valence-corrected chi connectivity index (χ0v) is 14.7. The van der Waals surface area contributed by atoms with Crippen molar-refractivity contribution in [3.05, 3.63) is 31.8 Å². The maximum atomic E-state index is 11.5. The monoisotopic (exact) mass is 381 g/mol. The second-order valence-electron chi connectivity index (χ2n) is 6.29. The largest absolute Gasteiger partial charge is 0.320 e. The van der Waals surface area contributed by atoms with E-state index in [2.05, 4.69) is 26.1 Å². The van der Waals surface area contributed by atoms with Crippen molar-refractivity contribution in [1.29, 1.82) is 0 Å². The van der Waals surface area contributed by atoms with Crippen molar-refractivity contribution in [3.8, 4) is 0 Å². The van der Waals surface area contributed by atoms with E-state index in [9.17, 15) is 14.9 Å². The van der Waals surface area contributed by atoms with Gasteiger partial charge in [-0.1, -0.05) is 15.9 Å². The highest BCUT2D eigenvalue weighted by Crippen LogP contribution is 2.41. The van der Waals surface area contributed by atoms with Crippen LogP contribution in [0.5, 0.6) is 0 Å². The molecule has 1 saturated heterocycles.